The molecule has 3 rings (SSSR count). The second-order valence-electron chi connectivity index (χ2n) is 7.02. The van der Waals surface area contributed by atoms with Crippen LogP contribution in [0.25, 0.3) is 22.9 Å². The fraction of sp³-hybridized carbons (Fsp3) is 0.280. The van der Waals surface area contributed by atoms with Crippen LogP contribution in [0.4, 0.5) is 0 Å². The number of ether oxygens (including phenoxy) is 1. The predicted octanol–water partition coefficient (Wildman–Crippen LogP) is 7.88. The van der Waals surface area contributed by atoms with Gasteiger partial charge < -0.3 is 4.74 Å². The number of allylic oxidation sites excluding steroid dienone is 1. The monoisotopic (exact) mass is 436 g/mol. The third-order valence-corrected chi connectivity index (χ3v) is 5.85. The molecule has 30 heavy (non-hydrogen) atoms. The quantitative estimate of drug-likeness (QED) is 0.240. The van der Waals surface area contributed by atoms with Crippen molar-refractivity contribution in [3.8, 4) is 23.1 Å². The van der Waals surface area contributed by atoms with Gasteiger partial charge in [0.1, 0.15) is 16.8 Å². The fourth-order valence-corrected chi connectivity index (χ4v) is 3.99. The predicted molar refractivity (Wildman–Crippen MR) is 127 cm³/mol. The number of hydrogen-bond donors (Lipinski definition) is 0. The summed E-state index contributed by atoms with van der Waals surface area (Å²) < 4.78 is 6.00. The molecular formula is C25H25ClN2OS. The summed E-state index contributed by atoms with van der Waals surface area (Å²) in [7, 11) is 0. The molecule has 2 aromatic carbocycles. The van der Waals surface area contributed by atoms with Crippen molar-refractivity contribution in [3.05, 3.63) is 69.5 Å². The lowest BCUT2D eigenvalue weighted by Gasteiger charge is -2.09. The number of benzene rings is 2. The molecule has 0 radical (unpaired) electrons. The number of aromatic nitrogens is 1. The maximum atomic E-state index is 9.73. The van der Waals surface area contributed by atoms with Crippen molar-refractivity contribution in [2.45, 2.75) is 39.0 Å². The Morgan fingerprint density at radius 3 is 2.63 bits per heavy atom. The van der Waals surface area contributed by atoms with Crippen molar-refractivity contribution in [1.82, 2.24) is 4.98 Å². The fourth-order valence-electron chi connectivity index (χ4n) is 3.07. The van der Waals surface area contributed by atoms with Crippen LogP contribution in [0.15, 0.2) is 53.9 Å². The van der Waals surface area contributed by atoms with Gasteiger partial charge in [-0.15, -0.1) is 11.3 Å². The Morgan fingerprint density at radius 2 is 1.87 bits per heavy atom. The summed E-state index contributed by atoms with van der Waals surface area (Å²) >= 11 is 7.43. The van der Waals surface area contributed by atoms with Gasteiger partial charge in [0.2, 0.25) is 0 Å². The Morgan fingerprint density at radius 1 is 1.10 bits per heavy atom. The van der Waals surface area contributed by atoms with Crippen LogP contribution < -0.4 is 4.74 Å². The summed E-state index contributed by atoms with van der Waals surface area (Å²) in [5.74, 6) is 0.801. The first-order valence-electron chi connectivity index (χ1n) is 10.3. The Balaban J connectivity index is 1.74. The lowest BCUT2D eigenvalue weighted by Crippen LogP contribution is -1.99. The second kappa shape index (κ2) is 11.5. The van der Waals surface area contributed by atoms with Gasteiger partial charge in [-0.3, -0.25) is 0 Å². The molecule has 0 aliphatic rings. The molecule has 154 valence electrons. The molecule has 3 aromatic rings. The van der Waals surface area contributed by atoms with Crippen molar-refractivity contribution >= 4 is 34.6 Å². The van der Waals surface area contributed by atoms with E-state index < -0.39 is 0 Å². The van der Waals surface area contributed by atoms with E-state index in [2.05, 4.69) is 18.0 Å². The summed E-state index contributed by atoms with van der Waals surface area (Å²) in [6.07, 6.45) is 7.84. The molecule has 3 nitrogen and oxygen atoms in total. The summed E-state index contributed by atoms with van der Waals surface area (Å²) in [4.78, 5) is 4.65. The van der Waals surface area contributed by atoms with E-state index in [-0.39, 0.29) is 0 Å². The van der Waals surface area contributed by atoms with Crippen LogP contribution in [0.2, 0.25) is 5.02 Å². The maximum Gasteiger partial charge on any atom is 0.134 e. The SMILES string of the molecule is CCCCCCCOc1ccccc1/C=C(/C#N)c1nc(-c2ccc(Cl)cc2)cs1. The first kappa shape index (κ1) is 22.1. The normalized spacial score (nSPS) is 11.3. The van der Waals surface area contributed by atoms with E-state index in [0.29, 0.717) is 22.2 Å². The van der Waals surface area contributed by atoms with Crippen LogP contribution in [0.5, 0.6) is 5.75 Å². The van der Waals surface area contributed by atoms with Gasteiger partial charge in [-0.2, -0.15) is 5.26 Å². The zero-order chi connectivity index (χ0) is 21.2. The van der Waals surface area contributed by atoms with Crippen LogP contribution in [-0.2, 0) is 0 Å². The Hall–Kier alpha value is -2.61. The summed E-state index contributed by atoms with van der Waals surface area (Å²) in [6.45, 7) is 2.90. The van der Waals surface area contributed by atoms with Crippen molar-refractivity contribution in [1.29, 1.82) is 5.26 Å². The minimum Gasteiger partial charge on any atom is -0.493 e. The van der Waals surface area contributed by atoms with Crippen molar-refractivity contribution in [2.24, 2.45) is 0 Å². The highest BCUT2D eigenvalue weighted by atomic mass is 35.5. The Kier molecular flexibility index (Phi) is 8.50. The van der Waals surface area contributed by atoms with Crippen LogP contribution in [0, 0.1) is 11.3 Å². The molecule has 0 unspecified atom stereocenters. The number of para-hydroxylation sites is 1. The molecule has 0 spiro atoms. The van der Waals surface area contributed by atoms with E-state index in [4.69, 9.17) is 16.3 Å². The molecule has 0 bridgehead atoms. The second-order valence-corrected chi connectivity index (χ2v) is 8.31. The summed E-state index contributed by atoms with van der Waals surface area (Å²) in [5, 5.41) is 13.1. The topological polar surface area (TPSA) is 45.9 Å². The number of thiazole rings is 1. The van der Waals surface area contributed by atoms with Gasteiger partial charge in [0.15, 0.2) is 0 Å². The Bertz CT molecular complexity index is 1020. The van der Waals surface area contributed by atoms with Crippen molar-refractivity contribution < 1.29 is 4.74 Å². The lowest BCUT2D eigenvalue weighted by molar-refractivity contribution is 0.304. The number of rotatable bonds is 10. The highest BCUT2D eigenvalue weighted by Gasteiger charge is 2.11. The van der Waals surface area contributed by atoms with Gasteiger partial charge in [-0.25, -0.2) is 4.98 Å². The number of nitrogens with zero attached hydrogens (tertiary/aromatic N) is 2. The average molecular weight is 437 g/mol. The third-order valence-electron chi connectivity index (χ3n) is 4.72. The molecule has 0 saturated carbocycles. The van der Waals surface area contributed by atoms with Crippen LogP contribution in [0.1, 0.15) is 49.6 Å². The molecule has 0 amide bonds. The van der Waals surface area contributed by atoms with Gasteiger partial charge in [0.25, 0.3) is 0 Å². The van der Waals surface area contributed by atoms with Crippen LogP contribution in [0.3, 0.4) is 0 Å². The minimum absolute atomic E-state index is 0.527. The van der Waals surface area contributed by atoms with E-state index in [0.717, 1.165) is 29.0 Å². The average Bonchev–Trinajstić information content (AvgIpc) is 3.26. The Labute approximate surface area is 187 Å². The smallest absolute Gasteiger partial charge is 0.134 e. The molecule has 0 saturated heterocycles. The first-order chi connectivity index (χ1) is 14.7. The highest BCUT2D eigenvalue weighted by Crippen LogP contribution is 2.30. The highest BCUT2D eigenvalue weighted by molar-refractivity contribution is 7.11. The van der Waals surface area contributed by atoms with E-state index in [9.17, 15) is 5.26 Å². The van der Waals surface area contributed by atoms with E-state index in [1.807, 2.05) is 60.0 Å². The van der Waals surface area contributed by atoms with E-state index in [1.165, 1.54) is 37.0 Å². The van der Waals surface area contributed by atoms with Crippen molar-refractivity contribution in [3.63, 3.8) is 0 Å². The van der Waals surface area contributed by atoms with Gasteiger partial charge in [0, 0.05) is 21.5 Å². The number of hydrogen-bond acceptors (Lipinski definition) is 4. The minimum atomic E-state index is 0.527. The van der Waals surface area contributed by atoms with Gasteiger partial charge in [-0.1, -0.05) is 74.5 Å². The molecule has 1 heterocycles. The van der Waals surface area contributed by atoms with E-state index in [1.54, 1.807) is 0 Å². The van der Waals surface area contributed by atoms with Crippen LogP contribution in [-0.4, -0.2) is 11.6 Å². The zero-order valence-electron chi connectivity index (χ0n) is 17.1. The third kappa shape index (κ3) is 6.19. The van der Waals surface area contributed by atoms with Gasteiger partial charge in [-0.05, 0) is 30.7 Å². The molecule has 0 N–H and O–H groups in total. The molecule has 0 aliphatic carbocycles. The molecule has 0 atom stereocenters. The zero-order valence-corrected chi connectivity index (χ0v) is 18.7. The number of unbranched alkanes of at least 4 members (excludes halogenated alkanes) is 4. The molecule has 0 fully saturated rings. The first-order valence-corrected chi connectivity index (χ1v) is 11.5. The molecule has 1 aromatic heterocycles. The maximum absolute atomic E-state index is 9.73. The summed E-state index contributed by atoms with van der Waals surface area (Å²) in [6, 6.07) is 17.7. The summed E-state index contributed by atoms with van der Waals surface area (Å²) in [5.41, 5.74) is 3.24. The molecule has 0 aliphatic heterocycles. The number of halogens is 1. The van der Waals surface area contributed by atoms with Crippen LogP contribution >= 0.6 is 22.9 Å². The largest absolute Gasteiger partial charge is 0.493 e. The standard InChI is InChI=1S/C25H25ClN2OS/c1-2-3-4-5-8-15-29-24-10-7-6-9-20(24)16-21(17-27)25-28-23(18-30-25)19-11-13-22(26)14-12-19/h6-7,9-14,16,18H,2-5,8,15H2,1H3/b21-16-. The van der Waals surface area contributed by atoms with E-state index >= 15 is 0 Å². The molecule has 5 heteroatoms. The van der Waals surface area contributed by atoms with Gasteiger partial charge >= 0.3 is 0 Å². The lowest BCUT2D eigenvalue weighted by atomic mass is 10.1. The molecular weight excluding hydrogens is 412 g/mol. The van der Waals surface area contributed by atoms with Gasteiger partial charge in [0.05, 0.1) is 17.9 Å². The number of nitriles is 1. The van der Waals surface area contributed by atoms with Crippen molar-refractivity contribution in [2.75, 3.05) is 6.61 Å².